The van der Waals surface area contributed by atoms with Crippen molar-refractivity contribution in [3.63, 3.8) is 0 Å². The summed E-state index contributed by atoms with van der Waals surface area (Å²) in [7, 11) is 0. The lowest BCUT2D eigenvalue weighted by atomic mass is 10.2. The number of allylic oxidation sites excluding steroid dienone is 2. The SMILES string of the molecule is C=C/C=C(\C[C@H](C)O)OCC. The third-order valence-electron chi connectivity index (χ3n) is 1.13. The zero-order valence-electron chi connectivity index (χ0n) is 7.21. The highest BCUT2D eigenvalue weighted by Gasteiger charge is 2.00. The van der Waals surface area contributed by atoms with E-state index in [4.69, 9.17) is 9.84 Å². The maximum absolute atomic E-state index is 9.02. The monoisotopic (exact) mass is 156 g/mol. The molecule has 0 radical (unpaired) electrons. The zero-order chi connectivity index (χ0) is 8.69. The van der Waals surface area contributed by atoms with E-state index >= 15 is 0 Å². The van der Waals surface area contributed by atoms with Crippen molar-refractivity contribution < 1.29 is 9.84 Å². The molecule has 2 nitrogen and oxygen atoms in total. The van der Waals surface area contributed by atoms with Gasteiger partial charge in [-0.2, -0.15) is 0 Å². The largest absolute Gasteiger partial charge is 0.498 e. The van der Waals surface area contributed by atoms with Crippen molar-refractivity contribution in [2.24, 2.45) is 0 Å². The average Bonchev–Trinajstić information content (AvgIpc) is 1.87. The van der Waals surface area contributed by atoms with Gasteiger partial charge >= 0.3 is 0 Å². The Morgan fingerprint density at radius 3 is 2.73 bits per heavy atom. The van der Waals surface area contributed by atoms with E-state index in [0.717, 1.165) is 5.76 Å². The molecule has 1 atom stereocenters. The molecule has 0 unspecified atom stereocenters. The summed E-state index contributed by atoms with van der Waals surface area (Å²) < 4.78 is 5.22. The molecule has 0 saturated carbocycles. The van der Waals surface area contributed by atoms with Crippen LogP contribution in [0.25, 0.3) is 0 Å². The predicted molar refractivity (Wildman–Crippen MR) is 46.2 cm³/mol. The van der Waals surface area contributed by atoms with Crippen molar-refractivity contribution in [3.8, 4) is 0 Å². The first-order chi connectivity index (χ1) is 5.20. The average molecular weight is 156 g/mol. The number of hydrogen-bond donors (Lipinski definition) is 1. The molecular formula is C9H16O2. The third kappa shape index (κ3) is 5.67. The molecule has 1 N–H and O–H groups in total. The fourth-order valence-electron chi connectivity index (χ4n) is 0.783. The van der Waals surface area contributed by atoms with Crippen molar-refractivity contribution in [2.45, 2.75) is 26.4 Å². The van der Waals surface area contributed by atoms with E-state index in [2.05, 4.69) is 6.58 Å². The highest BCUT2D eigenvalue weighted by molar-refractivity contribution is 5.04. The normalized spacial score (nSPS) is 14.3. The van der Waals surface area contributed by atoms with Gasteiger partial charge in [0.05, 0.1) is 18.5 Å². The number of rotatable bonds is 5. The second-order valence-corrected chi connectivity index (χ2v) is 2.35. The lowest BCUT2D eigenvalue weighted by molar-refractivity contribution is 0.148. The molecule has 0 amide bonds. The van der Waals surface area contributed by atoms with Crippen LogP contribution in [0.15, 0.2) is 24.5 Å². The molecule has 11 heavy (non-hydrogen) atoms. The maximum Gasteiger partial charge on any atom is 0.0985 e. The Labute approximate surface area is 68.2 Å². The summed E-state index contributed by atoms with van der Waals surface area (Å²) in [5.41, 5.74) is 0. The quantitative estimate of drug-likeness (QED) is 0.486. The molecule has 0 fully saturated rings. The summed E-state index contributed by atoms with van der Waals surface area (Å²) in [4.78, 5) is 0. The van der Waals surface area contributed by atoms with Gasteiger partial charge < -0.3 is 9.84 Å². The van der Waals surface area contributed by atoms with Crippen LogP contribution in [0.1, 0.15) is 20.3 Å². The maximum atomic E-state index is 9.02. The molecule has 0 rings (SSSR count). The Kier molecular flexibility index (Phi) is 5.57. The van der Waals surface area contributed by atoms with E-state index < -0.39 is 0 Å². The highest BCUT2D eigenvalue weighted by atomic mass is 16.5. The van der Waals surface area contributed by atoms with Crippen LogP contribution in [0.3, 0.4) is 0 Å². The molecule has 0 aromatic carbocycles. The van der Waals surface area contributed by atoms with Crippen molar-refractivity contribution >= 4 is 0 Å². The first-order valence-electron chi connectivity index (χ1n) is 3.83. The van der Waals surface area contributed by atoms with E-state index in [0.29, 0.717) is 13.0 Å². The first kappa shape index (κ1) is 10.2. The number of aliphatic hydroxyl groups is 1. The Balaban J connectivity index is 3.88. The topological polar surface area (TPSA) is 29.5 Å². The van der Waals surface area contributed by atoms with E-state index in [9.17, 15) is 0 Å². The van der Waals surface area contributed by atoms with E-state index in [1.54, 1.807) is 19.1 Å². The minimum absolute atomic E-state index is 0.354. The standard InChI is InChI=1S/C9H16O2/c1-4-6-9(11-5-2)7-8(3)10/h4,6,8,10H,1,5,7H2,2-3H3/b9-6+/t8-/m0/s1. The van der Waals surface area contributed by atoms with Gasteiger partial charge in [0.2, 0.25) is 0 Å². The fraction of sp³-hybridized carbons (Fsp3) is 0.556. The second-order valence-electron chi connectivity index (χ2n) is 2.35. The van der Waals surface area contributed by atoms with Crippen LogP contribution >= 0.6 is 0 Å². The van der Waals surface area contributed by atoms with Gasteiger partial charge in [-0.1, -0.05) is 12.7 Å². The van der Waals surface area contributed by atoms with Gasteiger partial charge in [-0.05, 0) is 19.9 Å². The summed E-state index contributed by atoms with van der Waals surface area (Å²) in [5.74, 6) is 0.789. The zero-order valence-corrected chi connectivity index (χ0v) is 7.21. The van der Waals surface area contributed by atoms with Crippen LogP contribution in [-0.4, -0.2) is 17.8 Å². The third-order valence-corrected chi connectivity index (χ3v) is 1.13. The van der Waals surface area contributed by atoms with Gasteiger partial charge in [-0.3, -0.25) is 0 Å². The number of hydrogen-bond acceptors (Lipinski definition) is 2. The Bertz CT molecular complexity index is 136. The van der Waals surface area contributed by atoms with Crippen molar-refractivity contribution in [3.05, 3.63) is 24.5 Å². The van der Waals surface area contributed by atoms with Gasteiger partial charge in [0.1, 0.15) is 0 Å². The highest BCUT2D eigenvalue weighted by Crippen LogP contribution is 2.06. The van der Waals surface area contributed by atoms with E-state index in [-0.39, 0.29) is 6.10 Å². The molecule has 0 saturated heterocycles. The summed E-state index contributed by atoms with van der Waals surface area (Å²) in [6, 6.07) is 0. The molecule has 0 aromatic rings. The number of aliphatic hydroxyl groups excluding tert-OH is 1. The lowest BCUT2D eigenvalue weighted by Crippen LogP contribution is -2.03. The van der Waals surface area contributed by atoms with Gasteiger partial charge in [0.25, 0.3) is 0 Å². The van der Waals surface area contributed by atoms with Crippen LogP contribution in [0, 0.1) is 0 Å². The molecular weight excluding hydrogens is 140 g/mol. The Morgan fingerprint density at radius 1 is 1.73 bits per heavy atom. The molecule has 0 aliphatic carbocycles. The van der Waals surface area contributed by atoms with Gasteiger partial charge in [0.15, 0.2) is 0 Å². The van der Waals surface area contributed by atoms with E-state index in [1.165, 1.54) is 0 Å². The molecule has 0 spiro atoms. The van der Waals surface area contributed by atoms with Gasteiger partial charge in [0, 0.05) is 6.42 Å². The Morgan fingerprint density at radius 2 is 2.36 bits per heavy atom. The lowest BCUT2D eigenvalue weighted by Gasteiger charge is -2.09. The molecule has 0 aliphatic rings. The molecule has 64 valence electrons. The number of ether oxygens (including phenoxy) is 1. The van der Waals surface area contributed by atoms with E-state index in [1.807, 2.05) is 6.92 Å². The molecule has 0 heterocycles. The predicted octanol–water partition coefficient (Wildman–Crippen LogP) is 1.86. The summed E-state index contributed by atoms with van der Waals surface area (Å²) >= 11 is 0. The summed E-state index contributed by atoms with van der Waals surface area (Å²) in [6.45, 7) is 7.83. The summed E-state index contributed by atoms with van der Waals surface area (Å²) in [6.07, 6.45) is 3.64. The fourth-order valence-corrected chi connectivity index (χ4v) is 0.783. The van der Waals surface area contributed by atoms with Crippen molar-refractivity contribution in [1.82, 2.24) is 0 Å². The summed E-state index contributed by atoms with van der Waals surface area (Å²) in [5, 5.41) is 9.02. The van der Waals surface area contributed by atoms with Crippen LogP contribution in [0.2, 0.25) is 0 Å². The van der Waals surface area contributed by atoms with Gasteiger partial charge in [-0.25, -0.2) is 0 Å². The van der Waals surface area contributed by atoms with Gasteiger partial charge in [-0.15, -0.1) is 0 Å². The molecule has 2 heteroatoms. The Hall–Kier alpha value is -0.760. The van der Waals surface area contributed by atoms with Crippen LogP contribution in [0.5, 0.6) is 0 Å². The smallest absolute Gasteiger partial charge is 0.0985 e. The van der Waals surface area contributed by atoms with Crippen LogP contribution < -0.4 is 0 Å². The van der Waals surface area contributed by atoms with Crippen molar-refractivity contribution in [1.29, 1.82) is 0 Å². The minimum Gasteiger partial charge on any atom is -0.498 e. The van der Waals surface area contributed by atoms with Crippen LogP contribution in [-0.2, 0) is 4.74 Å². The second kappa shape index (κ2) is 5.98. The van der Waals surface area contributed by atoms with Crippen LogP contribution in [0.4, 0.5) is 0 Å². The first-order valence-corrected chi connectivity index (χ1v) is 3.83. The van der Waals surface area contributed by atoms with Crippen molar-refractivity contribution in [2.75, 3.05) is 6.61 Å². The minimum atomic E-state index is -0.354. The molecule has 0 aliphatic heterocycles. The molecule has 0 bridgehead atoms. The molecule has 0 aromatic heterocycles.